The number of esters is 1. The van der Waals surface area contributed by atoms with E-state index in [9.17, 15) is 4.79 Å². The molecule has 1 aromatic heterocycles. The van der Waals surface area contributed by atoms with Crippen LogP contribution in [0.5, 0.6) is 0 Å². The van der Waals surface area contributed by atoms with Crippen molar-refractivity contribution in [2.24, 2.45) is 0 Å². The monoisotopic (exact) mass is 250 g/mol. The molecule has 4 nitrogen and oxygen atoms in total. The molecule has 2 aromatic rings. The van der Waals surface area contributed by atoms with Crippen molar-refractivity contribution in [1.82, 2.24) is 0 Å². The van der Waals surface area contributed by atoms with Crippen LogP contribution in [0.25, 0.3) is 10.1 Å². The van der Waals surface area contributed by atoms with Crippen LogP contribution < -0.4 is 10.6 Å². The van der Waals surface area contributed by atoms with Crippen molar-refractivity contribution in [2.75, 3.05) is 31.8 Å². The number of hydrogen-bond donors (Lipinski definition) is 1. The Hall–Kier alpha value is -1.75. The second-order valence-electron chi connectivity index (χ2n) is 3.91. The lowest BCUT2D eigenvalue weighted by atomic mass is 10.2. The van der Waals surface area contributed by atoms with Crippen LogP contribution in [0.15, 0.2) is 18.2 Å². The molecular formula is C12H14N2O2S. The SMILES string of the molecule is COC(=O)c1sc2cc(N(C)C)ccc2c1N. The maximum atomic E-state index is 11.5. The number of methoxy groups -OCH3 is 1. The number of benzene rings is 1. The lowest BCUT2D eigenvalue weighted by molar-refractivity contribution is 0.0607. The first kappa shape index (κ1) is 11.7. The Morgan fingerprint density at radius 2 is 2.12 bits per heavy atom. The zero-order valence-corrected chi connectivity index (χ0v) is 10.8. The van der Waals surface area contributed by atoms with Gasteiger partial charge in [0.15, 0.2) is 0 Å². The summed E-state index contributed by atoms with van der Waals surface area (Å²) in [5, 5.41) is 0.904. The number of nitrogen functional groups attached to an aromatic ring is 1. The number of rotatable bonds is 2. The second-order valence-corrected chi connectivity index (χ2v) is 4.96. The molecule has 2 N–H and O–H groups in total. The average molecular weight is 250 g/mol. The molecule has 0 bridgehead atoms. The molecule has 0 atom stereocenters. The van der Waals surface area contributed by atoms with Gasteiger partial charge in [-0.3, -0.25) is 0 Å². The summed E-state index contributed by atoms with van der Waals surface area (Å²) in [7, 11) is 5.30. The van der Waals surface area contributed by atoms with Crippen molar-refractivity contribution in [3.05, 3.63) is 23.1 Å². The molecule has 0 amide bonds. The lowest BCUT2D eigenvalue weighted by Gasteiger charge is -2.11. The van der Waals surface area contributed by atoms with Gasteiger partial charge in [-0.2, -0.15) is 0 Å². The largest absolute Gasteiger partial charge is 0.465 e. The number of carbonyl (C=O) groups excluding carboxylic acids is 1. The summed E-state index contributed by atoms with van der Waals surface area (Å²) in [6.07, 6.45) is 0. The van der Waals surface area contributed by atoms with Gasteiger partial charge in [0.05, 0.1) is 12.8 Å². The highest BCUT2D eigenvalue weighted by atomic mass is 32.1. The van der Waals surface area contributed by atoms with E-state index in [1.165, 1.54) is 18.4 Å². The maximum absolute atomic E-state index is 11.5. The average Bonchev–Trinajstić information content (AvgIpc) is 2.65. The summed E-state index contributed by atoms with van der Waals surface area (Å²) in [5.74, 6) is -0.380. The van der Waals surface area contributed by atoms with Crippen LogP contribution in [-0.4, -0.2) is 27.2 Å². The molecule has 90 valence electrons. The quantitative estimate of drug-likeness (QED) is 0.831. The number of nitrogens with zero attached hydrogens (tertiary/aromatic N) is 1. The van der Waals surface area contributed by atoms with E-state index in [-0.39, 0.29) is 5.97 Å². The maximum Gasteiger partial charge on any atom is 0.350 e. The fraction of sp³-hybridized carbons (Fsp3) is 0.250. The Kier molecular flexibility index (Phi) is 2.93. The summed E-state index contributed by atoms with van der Waals surface area (Å²) in [6.45, 7) is 0. The standard InChI is InChI=1S/C12H14N2O2S/c1-14(2)7-4-5-8-9(6-7)17-11(10(8)13)12(15)16-3/h4-6H,13H2,1-3H3. The van der Waals surface area contributed by atoms with Gasteiger partial charge in [-0.25, -0.2) is 4.79 Å². The highest BCUT2D eigenvalue weighted by Crippen LogP contribution is 2.35. The van der Waals surface area contributed by atoms with E-state index in [4.69, 9.17) is 10.5 Å². The molecule has 5 heteroatoms. The predicted octanol–water partition coefficient (Wildman–Crippen LogP) is 2.34. The summed E-state index contributed by atoms with van der Waals surface area (Å²) < 4.78 is 5.70. The molecule has 0 aliphatic heterocycles. The minimum Gasteiger partial charge on any atom is -0.465 e. The molecule has 0 radical (unpaired) electrons. The normalized spacial score (nSPS) is 10.5. The third-order valence-corrected chi connectivity index (χ3v) is 3.75. The predicted molar refractivity (Wildman–Crippen MR) is 71.9 cm³/mol. The van der Waals surface area contributed by atoms with Gasteiger partial charge in [0, 0.05) is 29.9 Å². The van der Waals surface area contributed by atoms with Crippen molar-refractivity contribution >= 4 is 38.8 Å². The van der Waals surface area contributed by atoms with Crippen molar-refractivity contribution in [3.63, 3.8) is 0 Å². The number of ether oxygens (including phenoxy) is 1. The third-order valence-electron chi connectivity index (χ3n) is 2.60. The lowest BCUT2D eigenvalue weighted by Crippen LogP contribution is -2.07. The van der Waals surface area contributed by atoms with Crippen LogP contribution in [-0.2, 0) is 4.74 Å². The van der Waals surface area contributed by atoms with Gasteiger partial charge in [0.25, 0.3) is 0 Å². The molecule has 1 aromatic carbocycles. The molecule has 0 spiro atoms. The number of thiophene rings is 1. The number of nitrogens with two attached hydrogens (primary N) is 1. The van der Waals surface area contributed by atoms with Gasteiger partial charge in [-0.15, -0.1) is 11.3 Å². The van der Waals surface area contributed by atoms with Crippen LogP contribution in [0, 0.1) is 0 Å². The van der Waals surface area contributed by atoms with Crippen LogP contribution in [0.1, 0.15) is 9.67 Å². The van der Waals surface area contributed by atoms with Gasteiger partial charge in [0.1, 0.15) is 4.88 Å². The summed E-state index contributed by atoms with van der Waals surface area (Å²) >= 11 is 1.36. The topological polar surface area (TPSA) is 55.6 Å². The first-order chi connectivity index (χ1) is 8.04. The van der Waals surface area contributed by atoms with E-state index in [0.717, 1.165) is 15.8 Å². The van der Waals surface area contributed by atoms with Gasteiger partial charge in [-0.1, -0.05) is 0 Å². The smallest absolute Gasteiger partial charge is 0.350 e. The van der Waals surface area contributed by atoms with Gasteiger partial charge < -0.3 is 15.4 Å². The Labute approximate surface area is 104 Å². The molecular weight excluding hydrogens is 236 g/mol. The van der Waals surface area contributed by atoms with Crippen molar-refractivity contribution in [3.8, 4) is 0 Å². The fourth-order valence-corrected chi connectivity index (χ4v) is 2.70. The third kappa shape index (κ3) is 1.93. The van der Waals surface area contributed by atoms with Crippen molar-refractivity contribution < 1.29 is 9.53 Å². The van der Waals surface area contributed by atoms with Crippen LogP contribution in [0.3, 0.4) is 0 Å². The second kappa shape index (κ2) is 4.25. The van der Waals surface area contributed by atoms with Crippen molar-refractivity contribution in [2.45, 2.75) is 0 Å². The van der Waals surface area contributed by atoms with Crippen LogP contribution in [0.4, 0.5) is 11.4 Å². The summed E-state index contributed by atoms with van der Waals surface area (Å²) in [5.41, 5.74) is 7.52. The Bertz CT molecular complexity index is 575. The number of fused-ring (bicyclic) bond motifs is 1. The highest BCUT2D eigenvalue weighted by molar-refractivity contribution is 7.21. The minimum absolute atomic E-state index is 0.380. The first-order valence-corrected chi connectivity index (χ1v) is 5.94. The van der Waals surface area contributed by atoms with E-state index in [0.29, 0.717) is 10.6 Å². The molecule has 0 saturated heterocycles. The molecule has 1 heterocycles. The molecule has 0 aliphatic carbocycles. The Balaban J connectivity index is 2.61. The Morgan fingerprint density at radius 3 is 2.71 bits per heavy atom. The van der Waals surface area contributed by atoms with E-state index in [1.807, 2.05) is 37.2 Å². The molecule has 0 unspecified atom stereocenters. The molecule has 2 rings (SSSR count). The zero-order chi connectivity index (χ0) is 12.6. The van der Waals surface area contributed by atoms with E-state index in [1.54, 1.807) is 0 Å². The van der Waals surface area contributed by atoms with Crippen LogP contribution in [0.2, 0.25) is 0 Å². The number of carbonyl (C=O) groups is 1. The molecule has 0 saturated carbocycles. The van der Waals surface area contributed by atoms with E-state index < -0.39 is 0 Å². The molecule has 0 fully saturated rings. The fourth-order valence-electron chi connectivity index (χ4n) is 1.63. The van der Waals surface area contributed by atoms with Crippen molar-refractivity contribution in [1.29, 1.82) is 0 Å². The van der Waals surface area contributed by atoms with Gasteiger partial charge in [-0.05, 0) is 18.2 Å². The van der Waals surface area contributed by atoms with E-state index in [2.05, 4.69) is 0 Å². The number of hydrogen-bond acceptors (Lipinski definition) is 5. The minimum atomic E-state index is -0.380. The first-order valence-electron chi connectivity index (χ1n) is 5.12. The zero-order valence-electron chi connectivity index (χ0n) is 9.98. The van der Waals surface area contributed by atoms with E-state index >= 15 is 0 Å². The van der Waals surface area contributed by atoms with Gasteiger partial charge in [0.2, 0.25) is 0 Å². The molecule has 17 heavy (non-hydrogen) atoms. The summed E-state index contributed by atoms with van der Waals surface area (Å²) in [6, 6.07) is 5.93. The van der Waals surface area contributed by atoms with Crippen LogP contribution >= 0.6 is 11.3 Å². The Morgan fingerprint density at radius 1 is 1.41 bits per heavy atom. The molecule has 0 aliphatic rings. The van der Waals surface area contributed by atoms with Gasteiger partial charge >= 0.3 is 5.97 Å². The highest BCUT2D eigenvalue weighted by Gasteiger charge is 2.16. The number of anilines is 2. The summed E-state index contributed by atoms with van der Waals surface area (Å²) in [4.78, 5) is 14.0.